The number of methoxy groups -OCH3 is 1. The lowest BCUT2D eigenvalue weighted by atomic mass is 10.3. The molecule has 66 valence electrons. The van der Waals surface area contributed by atoms with E-state index in [2.05, 4.69) is 22.3 Å². The third-order valence-electron chi connectivity index (χ3n) is 1.46. The minimum Gasteiger partial charge on any atom is -0.468 e. The van der Waals surface area contributed by atoms with Crippen LogP contribution in [0, 0.1) is 6.92 Å². The molecule has 0 aliphatic carbocycles. The van der Waals surface area contributed by atoms with Crippen molar-refractivity contribution in [3.63, 3.8) is 0 Å². The molecule has 0 aliphatic heterocycles. The molecule has 0 aliphatic rings. The summed E-state index contributed by atoms with van der Waals surface area (Å²) in [5, 5.41) is -0.498. The van der Waals surface area contributed by atoms with Gasteiger partial charge in [0, 0.05) is 0 Å². The number of esters is 1. The average Bonchev–Trinajstić information content (AvgIpc) is 2.48. The number of ether oxygens (including phenoxy) is 1. The molecule has 0 saturated carbocycles. The molecule has 5 heteroatoms. The van der Waals surface area contributed by atoms with Crippen molar-refractivity contribution in [1.82, 2.24) is 4.98 Å². The van der Waals surface area contributed by atoms with E-state index in [4.69, 9.17) is 0 Å². The number of aromatic nitrogens is 1. The molecule has 12 heavy (non-hydrogen) atoms. The maximum absolute atomic E-state index is 11.0. The third-order valence-corrected chi connectivity index (χ3v) is 3.09. The zero-order valence-electron chi connectivity index (χ0n) is 6.77. The first-order valence-electron chi connectivity index (χ1n) is 3.32. The summed E-state index contributed by atoms with van der Waals surface area (Å²) in [6.45, 7) is 1.85. The molecular weight excluding hydrogens is 194 g/mol. The van der Waals surface area contributed by atoms with Crippen molar-refractivity contribution in [2.24, 2.45) is 0 Å². The summed E-state index contributed by atoms with van der Waals surface area (Å²) < 4.78 is 4.55. The number of carbonyl (C=O) groups is 1. The molecule has 0 aromatic carbocycles. The summed E-state index contributed by atoms with van der Waals surface area (Å²) in [6.07, 6.45) is 0. The molecule has 0 N–H and O–H groups in total. The standard InChI is InChI=1S/C7H9NO2S2/c1-4-6(12-3-8-4)5(11)7(9)10-2/h3,5,11H,1-2H3. The highest BCUT2D eigenvalue weighted by Gasteiger charge is 2.20. The Morgan fingerprint density at radius 1 is 1.83 bits per heavy atom. The zero-order chi connectivity index (χ0) is 9.14. The Balaban J connectivity index is 2.84. The van der Waals surface area contributed by atoms with Crippen LogP contribution in [0.5, 0.6) is 0 Å². The van der Waals surface area contributed by atoms with Crippen LogP contribution in [0.1, 0.15) is 15.8 Å². The van der Waals surface area contributed by atoms with E-state index in [0.29, 0.717) is 0 Å². The van der Waals surface area contributed by atoms with Gasteiger partial charge >= 0.3 is 5.97 Å². The summed E-state index contributed by atoms with van der Waals surface area (Å²) in [6, 6.07) is 0. The van der Waals surface area contributed by atoms with Crippen LogP contribution >= 0.6 is 24.0 Å². The van der Waals surface area contributed by atoms with E-state index in [1.807, 2.05) is 6.92 Å². The second kappa shape index (κ2) is 3.91. The Bertz CT molecular complexity index is 285. The summed E-state index contributed by atoms with van der Waals surface area (Å²) in [5.74, 6) is -0.342. The molecule has 1 atom stereocenters. The highest BCUT2D eigenvalue weighted by molar-refractivity contribution is 7.81. The molecule has 0 fully saturated rings. The van der Waals surface area contributed by atoms with Crippen molar-refractivity contribution in [3.05, 3.63) is 16.1 Å². The van der Waals surface area contributed by atoms with Gasteiger partial charge in [-0.1, -0.05) is 0 Å². The normalized spacial score (nSPS) is 12.6. The van der Waals surface area contributed by atoms with Crippen LogP contribution in [0.25, 0.3) is 0 Å². The number of thiol groups is 1. The summed E-state index contributed by atoms with van der Waals surface area (Å²) in [5.41, 5.74) is 2.53. The van der Waals surface area contributed by atoms with E-state index in [1.54, 1.807) is 5.51 Å². The molecule has 1 aromatic heterocycles. The van der Waals surface area contributed by atoms with E-state index >= 15 is 0 Å². The van der Waals surface area contributed by atoms with Crippen molar-refractivity contribution in [2.45, 2.75) is 12.2 Å². The van der Waals surface area contributed by atoms with Gasteiger partial charge in [0.2, 0.25) is 0 Å². The fourth-order valence-corrected chi connectivity index (χ4v) is 2.04. The topological polar surface area (TPSA) is 39.2 Å². The van der Waals surface area contributed by atoms with Crippen LogP contribution < -0.4 is 0 Å². The van der Waals surface area contributed by atoms with E-state index in [-0.39, 0.29) is 5.97 Å². The van der Waals surface area contributed by atoms with Gasteiger partial charge in [-0.15, -0.1) is 11.3 Å². The van der Waals surface area contributed by atoms with Crippen molar-refractivity contribution < 1.29 is 9.53 Å². The Morgan fingerprint density at radius 3 is 2.92 bits per heavy atom. The van der Waals surface area contributed by atoms with Crippen LogP contribution in [-0.2, 0) is 9.53 Å². The van der Waals surface area contributed by atoms with Gasteiger partial charge in [-0.05, 0) is 6.92 Å². The number of hydrogen-bond acceptors (Lipinski definition) is 5. The maximum Gasteiger partial charge on any atom is 0.323 e. The largest absolute Gasteiger partial charge is 0.468 e. The molecule has 0 bridgehead atoms. The quantitative estimate of drug-likeness (QED) is 0.586. The lowest BCUT2D eigenvalue weighted by molar-refractivity contribution is -0.140. The smallest absolute Gasteiger partial charge is 0.323 e. The summed E-state index contributed by atoms with van der Waals surface area (Å²) in [7, 11) is 1.35. The van der Waals surface area contributed by atoms with Gasteiger partial charge in [0.1, 0.15) is 5.25 Å². The van der Waals surface area contributed by atoms with Gasteiger partial charge < -0.3 is 4.74 Å². The number of hydrogen-bond donors (Lipinski definition) is 1. The molecule has 0 spiro atoms. The first kappa shape index (κ1) is 9.54. The Kier molecular flexibility index (Phi) is 3.11. The Hall–Kier alpha value is -0.550. The molecule has 0 radical (unpaired) electrons. The molecule has 3 nitrogen and oxygen atoms in total. The minimum atomic E-state index is -0.498. The highest BCUT2D eigenvalue weighted by Crippen LogP contribution is 2.27. The fraction of sp³-hybridized carbons (Fsp3) is 0.429. The van der Waals surface area contributed by atoms with Gasteiger partial charge in [-0.25, -0.2) is 4.98 Å². The van der Waals surface area contributed by atoms with Gasteiger partial charge in [0.15, 0.2) is 0 Å². The van der Waals surface area contributed by atoms with E-state index in [0.717, 1.165) is 10.6 Å². The van der Waals surface area contributed by atoms with Crippen molar-refractivity contribution in [3.8, 4) is 0 Å². The second-order valence-electron chi connectivity index (χ2n) is 2.23. The van der Waals surface area contributed by atoms with Crippen molar-refractivity contribution in [2.75, 3.05) is 7.11 Å². The first-order valence-corrected chi connectivity index (χ1v) is 4.72. The molecule has 1 aromatic rings. The molecule has 0 saturated heterocycles. The van der Waals surface area contributed by atoms with Crippen molar-refractivity contribution in [1.29, 1.82) is 0 Å². The highest BCUT2D eigenvalue weighted by atomic mass is 32.1. The number of carbonyl (C=O) groups excluding carboxylic acids is 1. The summed E-state index contributed by atoms with van der Waals surface area (Å²) >= 11 is 5.54. The predicted molar refractivity (Wildman–Crippen MR) is 50.6 cm³/mol. The van der Waals surface area contributed by atoms with Gasteiger partial charge in [-0.2, -0.15) is 12.6 Å². The Labute approximate surface area is 80.2 Å². The number of rotatable bonds is 2. The van der Waals surface area contributed by atoms with Crippen LogP contribution in [-0.4, -0.2) is 18.1 Å². The fourth-order valence-electron chi connectivity index (χ4n) is 0.792. The lowest BCUT2D eigenvalue weighted by Gasteiger charge is -2.05. The molecule has 1 heterocycles. The van der Waals surface area contributed by atoms with Gasteiger partial charge in [0.25, 0.3) is 0 Å². The molecule has 1 unspecified atom stereocenters. The van der Waals surface area contributed by atoms with Crippen LogP contribution in [0.4, 0.5) is 0 Å². The zero-order valence-corrected chi connectivity index (χ0v) is 8.48. The van der Waals surface area contributed by atoms with E-state index < -0.39 is 5.25 Å². The third kappa shape index (κ3) is 1.78. The lowest BCUT2D eigenvalue weighted by Crippen LogP contribution is -2.08. The van der Waals surface area contributed by atoms with E-state index in [1.165, 1.54) is 18.4 Å². The minimum absolute atomic E-state index is 0.342. The SMILES string of the molecule is COC(=O)C(S)c1scnc1C. The van der Waals surface area contributed by atoms with Crippen LogP contribution in [0.2, 0.25) is 0 Å². The monoisotopic (exact) mass is 203 g/mol. The maximum atomic E-state index is 11.0. The molecule has 0 amide bonds. The predicted octanol–water partition coefficient (Wildman–Crippen LogP) is 1.60. The van der Waals surface area contributed by atoms with Gasteiger partial charge in [-0.3, -0.25) is 4.79 Å². The number of nitrogens with zero attached hydrogens (tertiary/aromatic N) is 1. The second-order valence-corrected chi connectivity index (χ2v) is 3.63. The average molecular weight is 203 g/mol. The number of aryl methyl sites for hydroxylation is 1. The van der Waals surface area contributed by atoms with Crippen LogP contribution in [0.15, 0.2) is 5.51 Å². The Morgan fingerprint density at radius 2 is 2.50 bits per heavy atom. The molecular formula is C7H9NO2S2. The molecule has 1 rings (SSSR count). The summed E-state index contributed by atoms with van der Waals surface area (Å²) in [4.78, 5) is 15.9. The first-order chi connectivity index (χ1) is 5.66. The van der Waals surface area contributed by atoms with E-state index in [9.17, 15) is 4.79 Å². The van der Waals surface area contributed by atoms with Crippen molar-refractivity contribution >= 4 is 29.9 Å². The van der Waals surface area contributed by atoms with Gasteiger partial charge in [0.05, 0.1) is 23.2 Å². The number of thiazole rings is 1. The van der Waals surface area contributed by atoms with Crippen LogP contribution in [0.3, 0.4) is 0 Å².